The molecule has 8 nitrogen and oxygen atoms in total. The summed E-state index contributed by atoms with van der Waals surface area (Å²) in [6, 6.07) is 3.44. The number of ether oxygens (including phenoxy) is 2. The van der Waals surface area contributed by atoms with Crippen LogP contribution in [-0.4, -0.2) is 61.3 Å². The first-order chi connectivity index (χ1) is 13.8. The third kappa shape index (κ3) is 4.39. The molecular weight excluding hydrogens is 415 g/mol. The monoisotopic (exact) mass is 436 g/mol. The molecule has 3 rings (SSSR count). The van der Waals surface area contributed by atoms with Crippen molar-refractivity contribution in [2.24, 2.45) is 0 Å². The first-order valence-electron chi connectivity index (χ1n) is 8.78. The quantitative estimate of drug-likeness (QED) is 0.579. The molecule has 0 fully saturated rings. The molecule has 29 heavy (non-hydrogen) atoms. The van der Waals surface area contributed by atoms with E-state index in [-0.39, 0.29) is 5.95 Å². The van der Waals surface area contributed by atoms with Crippen molar-refractivity contribution in [2.75, 3.05) is 52.5 Å². The standard InChI is InChI=1S/C19H22Cl2N6O2/c1-27(2)6-5-23-18-17-10(9-24-19(22)26-17)7-11(25-18)14-15(20)12(28-3)8-13(29-4)16(14)21/h7-9H,5-6H2,1-4H3,(H,23,25)(H2,22,24,26). The van der Waals surface area contributed by atoms with Crippen molar-refractivity contribution in [1.82, 2.24) is 19.9 Å². The summed E-state index contributed by atoms with van der Waals surface area (Å²) in [6.07, 6.45) is 1.64. The number of nitrogens with two attached hydrogens (primary N) is 1. The summed E-state index contributed by atoms with van der Waals surface area (Å²) >= 11 is 13.1. The SMILES string of the molecule is COc1cc(OC)c(Cl)c(-c2cc3cnc(N)nc3c(NCCN(C)C)n2)c1Cl. The van der Waals surface area contributed by atoms with Crippen LogP contribution in [0.5, 0.6) is 11.5 Å². The van der Waals surface area contributed by atoms with E-state index in [1.807, 2.05) is 14.1 Å². The molecule has 10 heteroatoms. The van der Waals surface area contributed by atoms with E-state index in [2.05, 4.69) is 20.2 Å². The van der Waals surface area contributed by atoms with Crippen molar-refractivity contribution >= 4 is 45.9 Å². The second-order valence-corrected chi connectivity index (χ2v) is 7.29. The Bertz CT molecular complexity index is 1020. The summed E-state index contributed by atoms with van der Waals surface area (Å²) in [5, 5.41) is 4.71. The molecule has 2 heterocycles. The number of anilines is 2. The lowest BCUT2D eigenvalue weighted by molar-refractivity contribution is 0.395. The highest BCUT2D eigenvalue weighted by molar-refractivity contribution is 6.41. The molecule has 1 aromatic carbocycles. The number of aromatic nitrogens is 3. The zero-order valence-electron chi connectivity index (χ0n) is 16.6. The molecule has 154 valence electrons. The van der Waals surface area contributed by atoms with Gasteiger partial charge in [-0.15, -0.1) is 0 Å². The minimum Gasteiger partial charge on any atom is -0.495 e. The third-order valence-electron chi connectivity index (χ3n) is 4.27. The molecule has 0 radical (unpaired) electrons. The number of rotatable bonds is 7. The summed E-state index contributed by atoms with van der Waals surface area (Å²) in [4.78, 5) is 15.2. The molecule has 2 aromatic heterocycles. The van der Waals surface area contributed by atoms with Gasteiger partial charge in [0.1, 0.15) is 17.0 Å². The first-order valence-corrected chi connectivity index (χ1v) is 9.53. The van der Waals surface area contributed by atoms with Crippen molar-refractivity contribution in [1.29, 1.82) is 0 Å². The highest BCUT2D eigenvalue weighted by Gasteiger charge is 2.21. The number of hydrogen-bond acceptors (Lipinski definition) is 8. The number of hydrogen-bond donors (Lipinski definition) is 2. The van der Waals surface area contributed by atoms with Crippen LogP contribution in [0, 0.1) is 0 Å². The van der Waals surface area contributed by atoms with Gasteiger partial charge in [0.05, 0.1) is 30.0 Å². The van der Waals surface area contributed by atoms with E-state index in [0.29, 0.717) is 50.7 Å². The molecule has 0 aliphatic heterocycles. The van der Waals surface area contributed by atoms with Crippen LogP contribution in [0.4, 0.5) is 11.8 Å². The fraction of sp³-hybridized carbons (Fsp3) is 0.316. The third-order valence-corrected chi connectivity index (χ3v) is 5.02. The Morgan fingerprint density at radius 3 is 2.31 bits per heavy atom. The molecule has 3 N–H and O–H groups in total. The van der Waals surface area contributed by atoms with Gasteiger partial charge in [0.2, 0.25) is 5.95 Å². The lowest BCUT2D eigenvalue weighted by Gasteiger charge is -2.17. The van der Waals surface area contributed by atoms with Gasteiger partial charge in [-0.05, 0) is 20.2 Å². The molecule has 3 aromatic rings. The van der Waals surface area contributed by atoms with Crippen LogP contribution in [0.15, 0.2) is 18.3 Å². The van der Waals surface area contributed by atoms with Gasteiger partial charge in [-0.3, -0.25) is 0 Å². The number of nitrogen functional groups attached to an aromatic ring is 1. The van der Waals surface area contributed by atoms with Crippen molar-refractivity contribution in [3.05, 3.63) is 28.4 Å². The molecule has 0 spiro atoms. The number of halogens is 2. The van der Waals surface area contributed by atoms with Crippen molar-refractivity contribution in [2.45, 2.75) is 0 Å². The Morgan fingerprint density at radius 1 is 1.07 bits per heavy atom. The maximum Gasteiger partial charge on any atom is 0.220 e. The molecule has 0 bridgehead atoms. The van der Waals surface area contributed by atoms with Gasteiger partial charge >= 0.3 is 0 Å². The van der Waals surface area contributed by atoms with E-state index in [1.165, 1.54) is 14.2 Å². The lowest BCUT2D eigenvalue weighted by Crippen LogP contribution is -2.21. The summed E-state index contributed by atoms with van der Waals surface area (Å²) < 4.78 is 10.7. The fourth-order valence-electron chi connectivity index (χ4n) is 2.81. The summed E-state index contributed by atoms with van der Waals surface area (Å²) in [5.74, 6) is 1.59. The minimum absolute atomic E-state index is 0.168. The average Bonchev–Trinajstić information content (AvgIpc) is 2.68. The molecule has 0 saturated carbocycles. The Kier molecular flexibility index (Phi) is 6.46. The maximum absolute atomic E-state index is 6.57. The Balaban J connectivity index is 2.21. The van der Waals surface area contributed by atoms with E-state index in [4.69, 9.17) is 43.4 Å². The number of fused-ring (bicyclic) bond motifs is 1. The summed E-state index contributed by atoms with van der Waals surface area (Å²) in [5.41, 5.74) is 7.43. The molecule has 0 atom stereocenters. The van der Waals surface area contributed by atoms with Crippen LogP contribution >= 0.6 is 23.2 Å². The van der Waals surface area contributed by atoms with Gasteiger partial charge in [0.25, 0.3) is 0 Å². The molecule has 0 aliphatic rings. The normalized spacial score (nSPS) is 11.1. The Hall–Kier alpha value is -2.55. The topological polar surface area (TPSA) is 98.4 Å². The zero-order chi connectivity index (χ0) is 21.1. The number of nitrogens with zero attached hydrogens (tertiary/aromatic N) is 4. The second-order valence-electron chi connectivity index (χ2n) is 6.54. The van der Waals surface area contributed by atoms with Gasteiger partial charge in [-0.2, -0.15) is 0 Å². The number of benzene rings is 1. The summed E-state index contributed by atoms with van der Waals surface area (Å²) in [6.45, 7) is 1.47. The molecule has 0 aliphatic carbocycles. The van der Waals surface area contributed by atoms with Gasteiger partial charge in [0.15, 0.2) is 5.82 Å². The number of methoxy groups -OCH3 is 2. The molecular formula is C19H22Cl2N6O2. The lowest BCUT2D eigenvalue weighted by atomic mass is 10.1. The first kappa shape index (κ1) is 21.2. The average molecular weight is 437 g/mol. The number of pyridine rings is 1. The van der Waals surface area contributed by atoms with Crippen LogP contribution in [0.1, 0.15) is 0 Å². The number of likely N-dealkylation sites (N-methyl/N-ethyl adjacent to an activating group) is 1. The Morgan fingerprint density at radius 2 is 1.72 bits per heavy atom. The van der Waals surface area contributed by atoms with E-state index < -0.39 is 0 Å². The van der Waals surface area contributed by atoms with E-state index >= 15 is 0 Å². The van der Waals surface area contributed by atoms with Crippen molar-refractivity contribution in [3.63, 3.8) is 0 Å². The highest BCUT2D eigenvalue weighted by Crippen LogP contribution is 2.46. The number of nitrogens with one attached hydrogen (secondary N) is 1. The van der Waals surface area contributed by atoms with E-state index in [9.17, 15) is 0 Å². The van der Waals surface area contributed by atoms with Crippen molar-refractivity contribution in [3.8, 4) is 22.8 Å². The van der Waals surface area contributed by atoms with E-state index in [0.717, 1.165) is 11.9 Å². The van der Waals surface area contributed by atoms with Gasteiger partial charge in [-0.25, -0.2) is 15.0 Å². The Labute approximate surface area is 179 Å². The van der Waals surface area contributed by atoms with Crippen LogP contribution in [0.3, 0.4) is 0 Å². The molecule has 0 unspecified atom stereocenters. The van der Waals surface area contributed by atoms with Crippen molar-refractivity contribution < 1.29 is 9.47 Å². The minimum atomic E-state index is 0.168. The highest BCUT2D eigenvalue weighted by atomic mass is 35.5. The largest absolute Gasteiger partial charge is 0.495 e. The zero-order valence-corrected chi connectivity index (χ0v) is 18.1. The van der Waals surface area contributed by atoms with Gasteiger partial charge in [0, 0.05) is 36.3 Å². The smallest absolute Gasteiger partial charge is 0.220 e. The molecule has 0 saturated heterocycles. The van der Waals surface area contributed by atoms with Crippen LogP contribution < -0.4 is 20.5 Å². The molecule has 0 amide bonds. The predicted molar refractivity (Wildman–Crippen MR) is 117 cm³/mol. The van der Waals surface area contributed by atoms with Crippen LogP contribution in [0.25, 0.3) is 22.2 Å². The van der Waals surface area contributed by atoms with Crippen LogP contribution in [-0.2, 0) is 0 Å². The predicted octanol–water partition coefficient (Wildman–Crippen LogP) is 3.57. The summed E-state index contributed by atoms with van der Waals surface area (Å²) in [7, 11) is 7.03. The van der Waals surface area contributed by atoms with Gasteiger partial charge in [-0.1, -0.05) is 23.2 Å². The second kappa shape index (κ2) is 8.86. The van der Waals surface area contributed by atoms with Gasteiger partial charge < -0.3 is 25.4 Å². The fourth-order valence-corrected chi connectivity index (χ4v) is 3.51. The van der Waals surface area contributed by atoms with Crippen LogP contribution in [0.2, 0.25) is 10.0 Å². The van der Waals surface area contributed by atoms with E-state index in [1.54, 1.807) is 18.3 Å². The maximum atomic E-state index is 6.57.